The number of aromatic nitrogens is 4. The Kier molecular flexibility index (Phi) is 2.04. The van der Waals surface area contributed by atoms with Gasteiger partial charge in [0.15, 0.2) is 5.82 Å². The summed E-state index contributed by atoms with van der Waals surface area (Å²) < 4.78 is 1.89. The number of imidazole rings is 1. The molecule has 0 fully saturated rings. The molecule has 0 spiro atoms. The molecule has 5 nitrogen and oxygen atoms in total. The number of aromatic amines is 1. The SMILES string of the molecule is Cc1cc(=O)[nH]c(-c2cn3ccccc3n2)n1. The highest BCUT2D eigenvalue weighted by Crippen LogP contribution is 2.13. The topological polar surface area (TPSA) is 63.0 Å². The molecule has 0 unspecified atom stereocenters. The second-order valence-corrected chi connectivity index (χ2v) is 3.83. The molecule has 0 aliphatic rings. The summed E-state index contributed by atoms with van der Waals surface area (Å²) in [7, 11) is 0. The summed E-state index contributed by atoms with van der Waals surface area (Å²) in [4.78, 5) is 22.7. The zero-order valence-corrected chi connectivity index (χ0v) is 9.21. The maximum atomic E-state index is 11.4. The minimum Gasteiger partial charge on any atom is -0.306 e. The molecule has 0 saturated carbocycles. The van der Waals surface area contributed by atoms with Gasteiger partial charge in [0.1, 0.15) is 11.3 Å². The maximum Gasteiger partial charge on any atom is 0.251 e. The van der Waals surface area contributed by atoms with Crippen LogP contribution in [-0.4, -0.2) is 19.4 Å². The van der Waals surface area contributed by atoms with Gasteiger partial charge in [-0.05, 0) is 19.1 Å². The molecule has 0 aromatic carbocycles. The predicted octanol–water partition coefficient (Wildman–Crippen LogP) is 1.39. The first-order chi connectivity index (χ1) is 8.22. The molecule has 0 amide bonds. The molecule has 1 N–H and O–H groups in total. The van der Waals surface area contributed by atoms with Crippen molar-refractivity contribution in [1.82, 2.24) is 19.4 Å². The summed E-state index contributed by atoms with van der Waals surface area (Å²) in [6.07, 6.45) is 3.74. The fourth-order valence-corrected chi connectivity index (χ4v) is 1.75. The second-order valence-electron chi connectivity index (χ2n) is 3.83. The van der Waals surface area contributed by atoms with E-state index in [0.717, 1.165) is 5.65 Å². The van der Waals surface area contributed by atoms with Crippen LogP contribution in [0, 0.1) is 6.92 Å². The van der Waals surface area contributed by atoms with Crippen LogP contribution in [-0.2, 0) is 0 Å². The molecule has 84 valence electrons. The highest BCUT2D eigenvalue weighted by molar-refractivity contribution is 5.55. The van der Waals surface area contributed by atoms with E-state index in [9.17, 15) is 4.79 Å². The number of pyridine rings is 1. The van der Waals surface area contributed by atoms with Crippen molar-refractivity contribution in [3.05, 3.63) is 52.7 Å². The maximum absolute atomic E-state index is 11.4. The van der Waals surface area contributed by atoms with Crippen molar-refractivity contribution in [1.29, 1.82) is 0 Å². The van der Waals surface area contributed by atoms with Crippen molar-refractivity contribution in [2.45, 2.75) is 6.92 Å². The number of H-pyrrole nitrogens is 1. The van der Waals surface area contributed by atoms with Gasteiger partial charge in [0.05, 0.1) is 0 Å². The Morgan fingerprint density at radius 1 is 1.29 bits per heavy atom. The minimum atomic E-state index is -0.162. The Morgan fingerprint density at radius 3 is 2.94 bits per heavy atom. The normalized spacial score (nSPS) is 10.9. The first kappa shape index (κ1) is 9.77. The number of fused-ring (bicyclic) bond motifs is 1. The Morgan fingerprint density at radius 2 is 2.18 bits per heavy atom. The first-order valence-electron chi connectivity index (χ1n) is 5.24. The van der Waals surface area contributed by atoms with Crippen molar-refractivity contribution >= 4 is 5.65 Å². The minimum absolute atomic E-state index is 0.162. The van der Waals surface area contributed by atoms with E-state index in [2.05, 4.69) is 15.0 Å². The lowest BCUT2D eigenvalue weighted by Crippen LogP contribution is -2.08. The molecule has 3 aromatic rings. The van der Waals surface area contributed by atoms with Gasteiger partial charge < -0.3 is 9.38 Å². The summed E-state index contributed by atoms with van der Waals surface area (Å²) in [5.41, 5.74) is 2.01. The van der Waals surface area contributed by atoms with E-state index in [4.69, 9.17) is 0 Å². The fraction of sp³-hybridized carbons (Fsp3) is 0.0833. The summed E-state index contributed by atoms with van der Waals surface area (Å²) in [6, 6.07) is 7.19. The Labute approximate surface area is 96.8 Å². The molecule has 0 atom stereocenters. The van der Waals surface area contributed by atoms with Crippen molar-refractivity contribution < 1.29 is 0 Å². The van der Waals surface area contributed by atoms with Crippen molar-refractivity contribution in [3.8, 4) is 11.5 Å². The van der Waals surface area contributed by atoms with Crippen LogP contribution in [0.4, 0.5) is 0 Å². The molecule has 3 heterocycles. The van der Waals surface area contributed by atoms with Gasteiger partial charge in [-0.25, -0.2) is 9.97 Å². The van der Waals surface area contributed by atoms with Crippen LogP contribution < -0.4 is 5.56 Å². The molecule has 0 radical (unpaired) electrons. The largest absolute Gasteiger partial charge is 0.306 e. The standard InChI is InChI=1S/C12H10N4O/c1-8-6-11(17)15-12(13-8)9-7-16-5-3-2-4-10(16)14-9/h2-7H,1H3,(H,13,15,17). The molecule has 3 aromatic heterocycles. The van der Waals surface area contributed by atoms with Gasteiger partial charge in [0.25, 0.3) is 5.56 Å². The molecule has 17 heavy (non-hydrogen) atoms. The van der Waals surface area contributed by atoms with E-state index in [-0.39, 0.29) is 5.56 Å². The Hall–Kier alpha value is -2.43. The lowest BCUT2D eigenvalue weighted by Gasteiger charge is -1.96. The predicted molar refractivity (Wildman–Crippen MR) is 63.8 cm³/mol. The van der Waals surface area contributed by atoms with Crippen LogP contribution >= 0.6 is 0 Å². The molecule has 0 aliphatic carbocycles. The molecule has 0 bridgehead atoms. The van der Waals surface area contributed by atoms with Crippen LogP contribution in [0.15, 0.2) is 41.5 Å². The number of nitrogens with one attached hydrogen (secondary N) is 1. The molecule has 0 saturated heterocycles. The molecule has 5 heteroatoms. The number of nitrogens with zero attached hydrogens (tertiary/aromatic N) is 3. The van der Waals surface area contributed by atoms with Crippen molar-refractivity contribution in [2.24, 2.45) is 0 Å². The average molecular weight is 226 g/mol. The zero-order chi connectivity index (χ0) is 11.8. The summed E-state index contributed by atoms with van der Waals surface area (Å²) in [5.74, 6) is 0.499. The number of rotatable bonds is 1. The van der Waals surface area contributed by atoms with E-state index in [1.165, 1.54) is 6.07 Å². The molecular formula is C12H10N4O. The average Bonchev–Trinajstić information content (AvgIpc) is 2.71. The molecular weight excluding hydrogens is 216 g/mol. The lowest BCUT2D eigenvalue weighted by atomic mass is 10.4. The Balaban J connectivity index is 2.23. The number of hydrogen-bond acceptors (Lipinski definition) is 3. The highest BCUT2D eigenvalue weighted by Gasteiger charge is 2.06. The summed E-state index contributed by atoms with van der Waals surface area (Å²) in [6.45, 7) is 1.79. The Bertz CT molecular complexity index is 708. The third-order valence-electron chi connectivity index (χ3n) is 2.48. The van der Waals surface area contributed by atoms with Gasteiger partial charge in [-0.2, -0.15) is 0 Å². The van der Waals surface area contributed by atoms with Crippen LogP contribution in [0.1, 0.15) is 5.69 Å². The van der Waals surface area contributed by atoms with Gasteiger partial charge in [0, 0.05) is 24.2 Å². The van der Waals surface area contributed by atoms with Crippen molar-refractivity contribution in [3.63, 3.8) is 0 Å². The van der Waals surface area contributed by atoms with Gasteiger partial charge in [-0.1, -0.05) is 6.07 Å². The van der Waals surface area contributed by atoms with Crippen molar-refractivity contribution in [2.75, 3.05) is 0 Å². The van der Waals surface area contributed by atoms with Gasteiger partial charge in [0.2, 0.25) is 0 Å². The lowest BCUT2D eigenvalue weighted by molar-refractivity contribution is 1.06. The van der Waals surface area contributed by atoms with E-state index in [1.807, 2.05) is 35.0 Å². The van der Waals surface area contributed by atoms with Crippen LogP contribution in [0.5, 0.6) is 0 Å². The number of aryl methyl sites for hydroxylation is 1. The van der Waals surface area contributed by atoms with Crippen LogP contribution in [0.25, 0.3) is 17.2 Å². The number of hydrogen-bond donors (Lipinski definition) is 1. The smallest absolute Gasteiger partial charge is 0.251 e. The van der Waals surface area contributed by atoms with Crippen LogP contribution in [0.3, 0.4) is 0 Å². The summed E-state index contributed by atoms with van der Waals surface area (Å²) >= 11 is 0. The van der Waals surface area contributed by atoms with Gasteiger partial charge >= 0.3 is 0 Å². The highest BCUT2D eigenvalue weighted by atomic mass is 16.1. The first-order valence-corrected chi connectivity index (χ1v) is 5.24. The van der Waals surface area contributed by atoms with Gasteiger partial charge in [-0.3, -0.25) is 4.79 Å². The third kappa shape index (κ3) is 1.71. The monoisotopic (exact) mass is 226 g/mol. The second kappa shape index (κ2) is 3.55. The quantitative estimate of drug-likeness (QED) is 0.682. The van der Waals surface area contributed by atoms with E-state index in [0.29, 0.717) is 17.2 Å². The third-order valence-corrected chi connectivity index (χ3v) is 2.48. The molecule has 3 rings (SSSR count). The van der Waals surface area contributed by atoms with Crippen LogP contribution in [0.2, 0.25) is 0 Å². The van der Waals surface area contributed by atoms with E-state index in [1.54, 1.807) is 6.92 Å². The fourth-order valence-electron chi connectivity index (χ4n) is 1.75. The van der Waals surface area contributed by atoms with E-state index < -0.39 is 0 Å². The van der Waals surface area contributed by atoms with Gasteiger partial charge in [-0.15, -0.1) is 0 Å². The zero-order valence-electron chi connectivity index (χ0n) is 9.21. The molecule has 0 aliphatic heterocycles. The van der Waals surface area contributed by atoms with E-state index >= 15 is 0 Å². The summed E-state index contributed by atoms with van der Waals surface area (Å²) in [5, 5.41) is 0.